The van der Waals surface area contributed by atoms with Crippen LogP contribution in [0.3, 0.4) is 0 Å². The Morgan fingerprint density at radius 3 is 2.61 bits per heavy atom. The first-order valence-electron chi connectivity index (χ1n) is 17.2. The smallest absolute Gasteiger partial charge is 0.317 e. The van der Waals surface area contributed by atoms with Gasteiger partial charge in [0.1, 0.15) is 34.9 Å². The fraction of sp³-hybridized carbons (Fsp3) is 0.571. The molecule has 1 aromatic carbocycles. The molecule has 3 aliphatic rings. The molecule has 16 heteroatoms. The second-order valence-corrected chi connectivity index (χ2v) is 15.8. The van der Waals surface area contributed by atoms with Gasteiger partial charge in [-0.1, -0.05) is 25.0 Å². The molecule has 5 amide bonds. The Kier molecular flexibility index (Phi) is 11.7. The van der Waals surface area contributed by atoms with Gasteiger partial charge in [0, 0.05) is 37.9 Å². The second kappa shape index (κ2) is 15.8. The summed E-state index contributed by atoms with van der Waals surface area (Å²) in [5, 5.41) is 3.14. The number of H-pyrrole nitrogens is 1. The third-order valence-electron chi connectivity index (χ3n) is 9.78. The van der Waals surface area contributed by atoms with E-state index in [-0.39, 0.29) is 52.5 Å². The van der Waals surface area contributed by atoms with Crippen LogP contribution in [0.4, 0.5) is 9.18 Å². The first kappa shape index (κ1) is 37.8. The van der Waals surface area contributed by atoms with Gasteiger partial charge in [0.05, 0.1) is 23.9 Å². The number of fused-ring (bicyclic) bond motifs is 1. The summed E-state index contributed by atoms with van der Waals surface area (Å²) in [6.45, 7) is 1.88. The number of carbonyl (C=O) groups is 4. The van der Waals surface area contributed by atoms with Crippen LogP contribution in [0.1, 0.15) is 64.7 Å². The minimum Gasteiger partial charge on any atom is -0.492 e. The SMILES string of the molecule is COc1c(F)ccc2c(OC3CC(C(N)=O)N(C(=O)C(CCCCCC=CC4CC4C(=O)NS(=O)C4(C)CC4)NC(=O)N(C)C)C3)cc(=O)[nH]c12. The van der Waals surface area contributed by atoms with E-state index in [2.05, 4.69) is 15.0 Å². The molecule has 2 heterocycles. The summed E-state index contributed by atoms with van der Waals surface area (Å²) in [4.78, 5) is 69.1. The third-order valence-corrected chi connectivity index (χ3v) is 11.5. The van der Waals surface area contributed by atoms with Crippen molar-refractivity contribution in [2.24, 2.45) is 17.6 Å². The fourth-order valence-electron chi connectivity index (χ4n) is 6.29. The van der Waals surface area contributed by atoms with E-state index < -0.39 is 58.4 Å². The highest BCUT2D eigenvalue weighted by Crippen LogP contribution is 2.43. The Balaban J connectivity index is 1.16. The van der Waals surface area contributed by atoms with Crippen molar-refractivity contribution >= 4 is 45.6 Å². The molecule has 0 spiro atoms. The number of unbranched alkanes of at least 4 members (excludes halogenated alkanes) is 3. The average molecular weight is 731 g/mol. The maximum atomic E-state index is 14.3. The van der Waals surface area contributed by atoms with Crippen molar-refractivity contribution in [3.63, 3.8) is 0 Å². The molecule has 1 saturated heterocycles. The van der Waals surface area contributed by atoms with Crippen molar-refractivity contribution in [1.29, 1.82) is 0 Å². The maximum Gasteiger partial charge on any atom is 0.317 e. The molecule has 6 unspecified atom stereocenters. The van der Waals surface area contributed by atoms with Gasteiger partial charge in [-0.15, -0.1) is 0 Å². The molecule has 1 aromatic heterocycles. The van der Waals surface area contributed by atoms with Gasteiger partial charge in [0.2, 0.25) is 17.7 Å². The molecule has 1 aliphatic heterocycles. The lowest BCUT2D eigenvalue weighted by atomic mass is 10.0. The topological polar surface area (TPSA) is 193 Å². The molecule has 14 nitrogen and oxygen atoms in total. The number of amides is 5. The average Bonchev–Trinajstić information content (AvgIpc) is 3.99. The minimum atomic E-state index is -1.33. The highest BCUT2D eigenvalue weighted by atomic mass is 32.2. The number of primary amides is 1. The molecule has 5 rings (SSSR count). The van der Waals surface area contributed by atoms with Crippen molar-refractivity contribution in [3.8, 4) is 11.5 Å². The van der Waals surface area contributed by atoms with E-state index in [4.69, 9.17) is 15.2 Å². The van der Waals surface area contributed by atoms with Crippen LogP contribution in [0.5, 0.6) is 11.5 Å². The number of nitrogens with two attached hydrogens (primary N) is 1. The summed E-state index contributed by atoms with van der Waals surface area (Å²) in [6, 6.07) is 1.41. The molecule has 2 saturated carbocycles. The molecule has 2 aliphatic carbocycles. The molecular formula is C35H47FN6O8S. The summed E-state index contributed by atoms with van der Waals surface area (Å²) >= 11 is 0. The number of urea groups is 1. The number of carbonyl (C=O) groups excluding carboxylic acids is 4. The molecule has 5 N–H and O–H groups in total. The number of hydrogen-bond donors (Lipinski definition) is 4. The summed E-state index contributed by atoms with van der Waals surface area (Å²) in [5.74, 6) is -2.05. The zero-order valence-corrected chi connectivity index (χ0v) is 30.2. The first-order valence-corrected chi connectivity index (χ1v) is 18.4. The maximum absolute atomic E-state index is 14.3. The van der Waals surface area contributed by atoms with E-state index >= 15 is 0 Å². The van der Waals surface area contributed by atoms with E-state index in [1.165, 1.54) is 35.1 Å². The Morgan fingerprint density at radius 1 is 1.20 bits per heavy atom. The van der Waals surface area contributed by atoms with Crippen LogP contribution in [-0.2, 0) is 25.4 Å². The van der Waals surface area contributed by atoms with Gasteiger partial charge in [0.15, 0.2) is 11.6 Å². The van der Waals surface area contributed by atoms with E-state index in [0.717, 1.165) is 38.5 Å². The zero-order valence-electron chi connectivity index (χ0n) is 29.4. The van der Waals surface area contributed by atoms with Crippen LogP contribution in [0.15, 0.2) is 35.1 Å². The zero-order chi connectivity index (χ0) is 37.0. The van der Waals surface area contributed by atoms with Gasteiger partial charge in [-0.05, 0) is 63.5 Å². The number of halogens is 1. The van der Waals surface area contributed by atoms with Gasteiger partial charge in [-0.3, -0.25) is 23.9 Å². The third kappa shape index (κ3) is 9.07. The molecule has 6 atom stereocenters. The lowest BCUT2D eigenvalue weighted by molar-refractivity contribution is -0.139. The van der Waals surface area contributed by atoms with Crippen LogP contribution in [0.25, 0.3) is 10.9 Å². The number of methoxy groups -OCH3 is 1. The van der Waals surface area contributed by atoms with Gasteiger partial charge >= 0.3 is 6.03 Å². The number of hydrogen-bond acceptors (Lipinski definition) is 8. The largest absolute Gasteiger partial charge is 0.492 e. The Bertz CT molecular complexity index is 1780. The van der Waals surface area contributed by atoms with E-state index in [1.54, 1.807) is 14.1 Å². The van der Waals surface area contributed by atoms with Gasteiger partial charge in [-0.2, -0.15) is 0 Å². The lowest BCUT2D eigenvalue weighted by Crippen LogP contribution is -2.54. The number of ether oxygens (including phenoxy) is 2. The highest BCUT2D eigenvalue weighted by Gasteiger charge is 2.48. The van der Waals surface area contributed by atoms with Crippen molar-refractivity contribution in [2.45, 2.75) is 87.6 Å². The molecule has 0 bridgehead atoms. The Hall–Kier alpha value is -4.47. The van der Waals surface area contributed by atoms with Gasteiger partial charge in [0.25, 0.3) is 5.56 Å². The lowest BCUT2D eigenvalue weighted by Gasteiger charge is -2.28. The van der Waals surface area contributed by atoms with Crippen LogP contribution in [-0.4, -0.2) is 93.4 Å². The normalized spacial score (nSPS) is 23.0. The van der Waals surface area contributed by atoms with Crippen molar-refractivity contribution in [3.05, 3.63) is 46.5 Å². The number of aromatic nitrogens is 1. The van der Waals surface area contributed by atoms with Crippen molar-refractivity contribution < 1.29 is 37.3 Å². The van der Waals surface area contributed by atoms with E-state index in [1.807, 2.05) is 19.1 Å². The number of aromatic amines is 1. The van der Waals surface area contributed by atoms with Gasteiger partial charge < -0.3 is 35.3 Å². The summed E-state index contributed by atoms with van der Waals surface area (Å²) in [5.41, 5.74) is 5.27. The summed E-state index contributed by atoms with van der Waals surface area (Å²) < 4.78 is 40.3. The molecule has 278 valence electrons. The molecular weight excluding hydrogens is 683 g/mol. The van der Waals surface area contributed by atoms with Crippen LogP contribution in [0.2, 0.25) is 0 Å². The number of likely N-dealkylation sites (tertiary alicyclic amines) is 1. The van der Waals surface area contributed by atoms with E-state index in [0.29, 0.717) is 18.2 Å². The van der Waals surface area contributed by atoms with Crippen LogP contribution < -0.4 is 30.8 Å². The monoisotopic (exact) mass is 730 g/mol. The number of allylic oxidation sites excluding steroid dienone is 2. The quantitative estimate of drug-likeness (QED) is 0.150. The fourth-order valence-corrected chi connectivity index (χ4v) is 7.34. The second-order valence-electron chi connectivity index (χ2n) is 14.0. The summed E-state index contributed by atoms with van der Waals surface area (Å²) in [7, 11) is 3.06. The summed E-state index contributed by atoms with van der Waals surface area (Å²) in [6.07, 6.45) is 9.19. The minimum absolute atomic E-state index is 0.0341. The number of nitrogens with one attached hydrogen (secondary N) is 3. The molecule has 51 heavy (non-hydrogen) atoms. The Labute approximate surface area is 298 Å². The Morgan fingerprint density at radius 2 is 1.94 bits per heavy atom. The van der Waals surface area contributed by atoms with Crippen molar-refractivity contribution in [2.75, 3.05) is 27.7 Å². The number of rotatable bonds is 16. The molecule has 0 radical (unpaired) electrons. The van der Waals surface area contributed by atoms with Crippen LogP contribution in [0, 0.1) is 17.7 Å². The molecule has 2 aromatic rings. The highest BCUT2D eigenvalue weighted by molar-refractivity contribution is 7.85. The molecule has 3 fully saturated rings. The van der Waals surface area contributed by atoms with Crippen LogP contribution >= 0.6 is 0 Å². The van der Waals surface area contributed by atoms with Crippen molar-refractivity contribution in [1.82, 2.24) is 24.8 Å². The number of pyridine rings is 1. The van der Waals surface area contributed by atoms with E-state index in [9.17, 15) is 32.6 Å². The first-order chi connectivity index (χ1) is 24.2. The number of benzene rings is 1. The predicted octanol–water partition coefficient (Wildman–Crippen LogP) is 2.62. The van der Waals surface area contributed by atoms with Gasteiger partial charge in [-0.25, -0.2) is 13.4 Å². The standard InChI is InChI=1S/C35H47FN6O8S/c1-35(14-15-35)51(48)40-32(45)23-16-20(23)10-8-6-5-7-9-11-25(38-34(47)41(2)3)33(46)42-19-21(17-26(42)31(37)44)50-27-18-28(43)39-29-22(27)12-13-24(36)30(29)49-4/h8,10,12-13,18,20-21,23,25-26H,5-7,9,11,14-17,19H2,1-4H3,(H2,37,44)(H,38,47)(H,39,43)(H,40,45). The number of nitrogens with zero attached hydrogens (tertiary/aromatic N) is 2. The predicted molar refractivity (Wildman–Crippen MR) is 189 cm³/mol.